The largest absolute Gasteiger partial charge is 0.480 e. The third-order valence-electron chi connectivity index (χ3n) is 2.96. The summed E-state index contributed by atoms with van der Waals surface area (Å²) < 4.78 is 5.44. The van der Waals surface area contributed by atoms with E-state index in [4.69, 9.17) is 9.84 Å². The van der Waals surface area contributed by atoms with E-state index in [-0.39, 0.29) is 0 Å². The number of aliphatic carboxylic acids is 1. The van der Waals surface area contributed by atoms with Crippen molar-refractivity contribution < 1.29 is 19.4 Å². The van der Waals surface area contributed by atoms with Crippen molar-refractivity contribution in [2.24, 2.45) is 0 Å². The van der Waals surface area contributed by atoms with Crippen LogP contribution in [0.15, 0.2) is 24.3 Å². The second kappa shape index (κ2) is 5.18. The monoisotopic (exact) mass is 249 g/mol. The molecule has 0 unspecified atom stereocenters. The van der Waals surface area contributed by atoms with Crippen LogP contribution in [0.25, 0.3) is 0 Å². The molecule has 2 N–H and O–H groups in total. The first-order chi connectivity index (χ1) is 8.59. The highest BCUT2D eigenvalue weighted by atomic mass is 16.5. The Labute approximate surface area is 105 Å². The summed E-state index contributed by atoms with van der Waals surface area (Å²) in [4.78, 5) is 22.7. The molecular weight excluding hydrogens is 234 g/mol. The fraction of sp³-hybridized carbons (Fsp3) is 0.385. The smallest absolute Gasteiger partial charge is 0.325 e. The molecule has 0 fully saturated rings. The molecule has 1 heterocycles. The Morgan fingerprint density at radius 3 is 2.89 bits per heavy atom. The zero-order chi connectivity index (χ0) is 13.1. The molecule has 2 rings (SSSR count). The van der Waals surface area contributed by atoms with Gasteiger partial charge in [-0.25, -0.2) is 0 Å². The number of amides is 1. The van der Waals surface area contributed by atoms with Gasteiger partial charge in [-0.1, -0.05) is 24.3 Å². The summed E-state index contributed by atoms with van der Waals surface area (Å²) in [6.07, 6.45) is 0.0609. The maximum absolute atomic E-state index is 12.0. The van der Waals surface area contributed by atoms with E-state index in [1.165, 1.54) is 6.92 Å². The molecule has 18 heavy (non-hydrogen) atoms. The van der Waals surface area contributed by atoms with Gasteiger partial charge in [0.2, 0.25) is 0 Å². The molecule has 5 nitrogen and oxygen atoms in total. The molecule has 1 aliphatic heterocycles. The lowest BCUT2D eigenvalue weighted by Crippen LogP contribution is -2.42. The fourth-order valence-electron chi connectivity index (χ4n) is 1.96. The quantitative estimate of drug-likeness (QED) is 0.834. The average Bonchev–Trinajstić information content (AvgIpc) is 2.37. The molecule has 0 aromatic heterocycles. The second-order valence-electron chi connectivity index (χ2n) is 4.27. The van der Waals surface area contributed by atoms with Crippen LogP contribution in [-0.2, 0) is 20.7 Å². The molecule has 1 amide bonds. The Hall–Kier alpha value is -1.88. The average molecular weight is 249 g/mol. The predicted molar refractivity (Wildman–Crippen MR) is 64.1 cm³/mol. The van der Waals surface area contributed by atoms with Crippen molar-refractivity contribution in [1.29, 1.82) is 0 Å². The van der Waals surface area contributed by atoms with E-state index >= 15 is 0 Å². The Morgan fingerprint density at radius 2 is 2.17 bits per heavy atom. The Kier molecular flexibility index (Phi) is 3.62. The van der Waals surface area contributed by atoms with Crippen LogP contribution >= 0.6 is 0 Å². The summed E-state index contributed by atoms with van der Waals surface area (Å²) in [5, 5.41) is 11.2. The highest BCUT2D eigenvalue weighted by Crippen LogP contribution is 2.26. The third-order valence-corrected chi connectivity index (χ3v) is 2.96. The number of hydrogen-bond donors (Lipinski definition) is 2. The van der Waals surface area contributed by atoms with Crippen molar-refractivity contribution in [2.45, 2.75) is 25.5 Å². The van der Waals surface area contributed by atoms with Gasteiger partial charge in [-0.05, 0) is 24.5 Å². The van der Waals surface area contributed by atoms with Gasteiger partial charge in [0.25, 0.3) is 5.91 Å². The van der Waals surface area contributed by atoms with Gasteiger partial charge in [0.1, 0.15) is 6.04 Å². The van der Waals surface area contributed by atoms with E-state index in [9.17, 15) is 9.59 Å². The van der Waals surface area contributed by atoms with Crippen LogP contribution < -0.4 is 5.32 Å². The number of carboxylic acid groups (broad SMARTS) is 1. The van der Waals surface area contributed by atoms with Crippen molar-refractivity contribution in [1.82, 2.24) is 5.32 Å². The number of rotatable bonds is 3. The van der Waals surface area contributed by atoms with Crippen LogP contribution in [0.5, 0.6) is 0 Å². The van der Waals surface area contributed by atoms with Gasteiger partial charge in [0, 0.05) is 0 Å². The van der Waals surface area contributed by atoms with Gasteiger partial charge in [0.05, 0.1) is 6.61 Å². The van der Waals surface area contributed by atoms with Gasteiger partial charge in [-0.3, -0.25) is 9.59 Å². The summed E-state index contributed by atoms with van der Waals surface area (Å²) in [5.74, 6) is -1.47. The van der Waals surface area contributed by atoms with Gasteiger partial charge in [-0.15, -0.1) is 0 Å². The van der Waals surface area contributed by atoms with Crippen LogP contribution in [0.3, 0.4) is 0 Å². The molecule has 2 atom stereocenters. The van der Waals surface area contributed by atoms with E-state index in [0.717, 1.165) is 17.5 Å². The molecule has 1 aliphatic rings. The molecule has 0 radical (unpaired) electrons. The third kappa shape index (κ3) is 2.51. The minimum absolute atomic E-state index is 0.406. The van der Waals surface area contributed by atoms with Crippen molar-refractivity contribution in [3.63, 3.8) is 0 Å². The fourth-order valence-corrected chi connectivity index (χ4v) is 1.96. The normalized spacial score (nSPS) is 19.7. The summed E-state index contributed by atoms with van der Waals surface area (Å²) >= 11 is 0. The number of fused-ring (bicyclic) bond motifs is 1. The number of carbonyl (C=O) groups is 2. The molecule has 0 spiro atoms. The zero-order valence-electron chi connectivity index (χ0n) is 10.1. The van der Waals surface area contributed by atoms with Crippen molar-refractivity contribution in [2.75, 3.05) is 6.61 Å². The number of benzene rings is 1. The van der Waals surface area contributed by atoms with Crippen LogP contribution in [-0.4, -0.2) is 29.6 Å². The Balaban J connectivity index is 2.15. The summed E-state index contributed by atoms with van der Waals surface area (Å²) in [6.45, 7) is 1.89. The van der Waals surface area contributed by atoms with Gasteiger partial charge in [0.15, 0.2) is 6.10 Å². The molecule has 1 aromatic rings. The van der Waals surface area contributed by atoms with E-state index in [2.05, 4.69) is 5.32 Å². The molecular formula is C13H15NO4. The van der Waals surface area contributed by atoms with E-state index in [1.54, 1.807) is 0 Å². The van der Waals surface area contributed by atoms with Gasteiger partial charge in [-0.2, -0.15) is 0 Å². The molecule has 5 heteroatoms. The molecule has 96 valence electrons. The first-order valence-electron chi connectivity index (χ1n) is 5.82. The zero-order valence-corrected chi connectivity index (χ0v) is 10.1. The number of nitrogens with one attached hydrogen (secondary N) is 1. The van der Waals surface area contributed by atoms with Crippen molar-refractivity contribution in [3.05, 3.63) is 35.4 Å². The van der Waals surface area contributed by atoms with E-state index in [0.29, 0.717) is 6.61 Å². The standard InChI is InChI=1S/C13H15NO4/c1-8(13(16)17)14-12(15)11-10-5-3-2-4-9(10)6-7-18-11/h2-5,8,11H,6-7H2,1H3,(H,14,15)(H,16,17)/t8-,11+/m1/s1. The van der Waals surface area contributed by atoms with Crippen molar-refractivity contribution in [3.8, 4) is 0 Å². The molecule has 1 aromatic carbocycles. The lowest BCUT2D eigenvalue weighted by Gasteiger charge is -2.25. The van der Waals surface area contributed by atoms with E-state index < -0.39 is 24.0 Å². The van der Waals surface area contributed by atoms with E-state index in [1.807, 2.05) is 24.3 Å². The van der Waals surface area contributed by atoms with Crippen LogP contribution in [0.4, 0.5) is 0 Å². The van der Waals surface area contributed by atoms with Crippen LogP contribution in [0.1, 0.15) is 24.2 Å². The van der Waals surface area contributed by atoms with Gasteiger partial charge < -0.3 is 15.2 Å². The Morgan fingerprint density at radius 1 is 1.44 bits per heavy atom. The maximum Gasteiger partial charge on any atom is 0.325 e. The molecule has 0 saturated heterocycles. The summed E-state index contributed by atoms with van der Waals surface area (Å²) in [5.41, 5.74) is 1.89. The van der Waals surface area contributed by atoms with Crippen LogP contribution in [0, 0.1) is 0 Å². The second-order valence-corrected chi connectivity index (χ2v) is 4.27. The van der Waals surface area contributed by atoms with Crippen molar-refractivity contribution >= 4 is 11.9 Å². The first kappa shape index (κ1) is 12.6. The molecule has 0 bridgehead atoms. The SMILES string of the molecule is C[C@@H](NC(=O)[C@H]1OCCc2ccccc21)C(=O)O. The summed E-state index contributed by atoms with van der Waals surface area (Å²) in [7, 11) is 0. The highest BCUT2D eigenvalue weighted by molar-refractivity contribution is 5.87. The number of carboxylic acids is 1. The predicted octanol–water partition coefficient (Wildman–Crippen LogP) is 0.890. The minimum Gasteiger partial charge on any atom is -0.480 e. The van der Waals surface area contributed by atoms with Gasteiger partial charge >= 0.3 is 5.97 Å². The molecule has 0 saturated carbocycles. The number of hydrogen-bond acceptors (Lipinski definition) is 3. The number of ether oxygens (including phenoxy) is 1. The summed E-state index contributed by atoms with van der Waals surface area (Å²) in [6, 6.07) is 6.63. The number of carbonyl (C=O) groups excluding carboxylic acids is 1. The molecule has 0 aliphatic carbocycles. The Bertz CT molecular complexity index is 472. The lowest BCUT2D eigenvalue weighted by molar-refractivity contribution is -0.144. The first-order valence-corrected chi connectivity index (χ1v) is 5.82. The minimum atomic E-state index is -1.06. The topological polar surface area (TPSA) is 75.6 Å². The lowest BCUT2D eigenvalue weighted by atomic mass is 9.97. The maximum atomic E-state index is 12.0. The highest BCUT2D eigenvalue weighted by Gasteiger charge is 2.28. The van der Waals surface area contributed by atoms with Crippen LogP contribution in [0.2, 0.25) is 0 Å².